The fourth-order valence-electron chi connectivity index (χ4n) is 8.77. The van der Waals surface area contributed by atoms with Crippen LogP contribution in [0.5, 0.6) is 0 Å². The smallest absolute Gasteiger partial charge is 0.305 e. The van der Waals surface area contributed by atoms with Crippen molar-refractivity contribution in [3.8, 4) is 0 Å². The second-order valence-corrected chi connectivity index (χ2v) is 12.4. The minimum absolute atomic E-state index is 0.00869. The summed E-state index contributed by atoms with van der Waals surface area (Å²) in [5.74, 6) is 4.80. The molecule has 0 N–H and O–H groups in total. The Morgan fingerprint density at radius 3 is 2.58 bits per heavy atom. The van der Waals surface area contributed by atoms with E-state index in [0.717, 1.165) is 36.0 Å². The number of hydrogen-bond acceptors (Lipinski definition) is 2. The second kappa shape index (κ2) is 8.71. The highest BCUT2D eigenvalue weighted by Gasteiger charge is 2.60. The maximum atomic E-state index is 11.9. The first-order valence-electron chi connectivity index (χ1n) is 13.2. The van der Waals surface area contributed by atoms with E-state index in [1.807, 2.05) is 0 Å². The molecule has 0 unspecified atom stereocenters. The molecule has 3 fully saturated rings. The molecule has 0 radical (unpaired) electrons. The zero-order chi connectivity index (χ0) is 22.4. The quantitative estimate of drug-likeness (QED) is 0.406. The monoisotopic (exact) mass is 426 g/mol. The second-order valence-electron chi connectivity index (χ2n) is 12.4. The van der Waals surface area contributed by atoms with E-state index in [-0.39, 0.29) is 11.4 Å². The van der Waals surface area contributed by atoms with E-state index in [4.69, 9.17) is 4.74 Å². The van der Waals surface area contributed by atoms with Crippen molar-refractivity contribution in [1.29, 1.82) is 0 Å². The van der Waals surface area contributed by atoms with Gasteiger partial charge in [0, 0.05) is 11.8 Å². The Morgan fingerprint density at radius 2 is 1.94 bits per heavy atom. The van der Waals surface area contributed by atoms with Gasteiger partial charge in [0.05, 0.1) is 0 Å². The first-order chi connectivity index (χ1) is 14.7. The van der Waals surface area contributed by atoms with E-state index >= 15 is 0 Å². The molecule has 4 aliphatic rings. The summed E-state index contributed by atoms with van der Waals surface area (Å²) in [6.45, 7) is 17.0. The molecule has 4 rings (SSSR count). The van der Waals surface area contributed by atoms with Crippen molar-refractivity contribution in [2.45, 2.75) is 98.8 Å². The Hall–Kier alpha value is -1.05. The van der Waals surface area contributed by atoms with Crippen LogP contribution >= 0.6 is 0 Å². The molecule has 2 saturated carbocycles. The molecule has 0 amide bonds. The van der Waals surface area contributed by atoms with E-state index in [2.05, 4.69) is 47.3 Å². The van der Waals surface area contributed by atoms with Crippen molar-refractivity contribution in [3.05, 3.63) is 23.8 Å². The molecule has 2 nitrogen and oxygen atoms in total. The van der Waals surface area contributed by atoms with Crippen LogP contribution in [0.15, 0.2) is 23.8 Å². The Bertz CT molecular complexity index is 721. The van der Waals surface area contributed by atoms with Crippen molar-refractivity contribution in [2.75, 3.05) is 6.61 Å². The van der Waals surface area contributed by atoms with Crippen LogP contribution in [0.25, 0.3) is 0 Å². The third kappa shape index (κ3) is 3.95. The van der Waals surface area contributed by atoms with Crippen molar-refractivity contribution in [1.82, 2.24) is 0 Å². The van der Waals surface area contributed by atoms with Crippen LogP contribution in [0.4, 0.5) is 0 Å². The summed E-state index contributed by atoms with van der Waals surface area (Å²) >= 11 is 0. The van der Waals surface area contributed by atoms with Crippen molar-refractivity contribution in [2.24, 2.45) is 46.3 Å². The lowest BCUT2D eigenvalue weighted by Gasteiger charge is -2.58. The predicted octanol–water partition coefficient (Wildman–Crippen LogP) is 7.74. The molecule has 0 bridgehead atoms. The first kappa shape index (κ1) is 23.1. The summed E-state index contributed by atoms with van der Waals surface area (Å²) in [6.07, 6.45) is 14.9. The highest BCUT2D eigenvalue weighted by molar-refractivity contribution is 5.70. The summed E-state index contributed by atoms with van der Waals surface area (Å²) in [5, 5.41) is 0. The van der Waals surface area contributed by atoms with E-state index in [1.54, 1.807) is 0 Å². The Kier molecular flexibility index (Phi) is 6.50. The molecule has 1 saturated heterocycles. The summed E-state index contributed by atoms with van der Waals surface area (Å²) < 4.78 is 5.74. The van der Waals surface area contributed by atoms with Crippen molar-refractivity contribution in [3.63, 3.8) is 0 Å². The lowest BCUT2D eigenvalue weighted by Crippen LogP contribution is -2.53. The van der Waals surface area contributed by atoms with E-state index in [0.29, 0.717) is 24.4 Å². The maximum Gasteiger partial charge on any atom is 0.305 e. The number of hydrogen-bond donors (Lipinski definition) is 0. The van der Waals surface area contributed by atoms with Crippen LogP contribution in [-0.2, 0) is 9.53 Å². The zero-order valence-electron chi connectivity index (χ0n) is 20.8. The molecule has 0 aromatic rings. The molecule has 2 heteroatoms. The number of carbonyl (C=O) groups excluding carboxylic acids is 1. The minimum Gasteiger partial charge on any atom is -0.465 e. The number of fused-ring (bicyclic) bond motifs is 4. The third-order valence-electron chi connectivity index (χ3n) is 10.2. The molecule has 1 spiro atoms. The van der Waals surface area contributed by atoms with Crippen LogP contribution in [0.3, 0.4) is 0 Å². The maximum absolute atomic E-state index is 11.9. The molecule has 1 aliphatic heterocycles. The van der Waals surface area contributed by atoms with Crippen LogP contribution in [0, 0.1) is 46.3 Å². The molecule has 1 heterocycles. The molecule has 7 atom stereocenters. The van der Waals surface area contributed by atoms with Gasteiger partial charge in [-0.15, -0.1) is 0 Å². The fraction of sp³-hybridized carbons (Fsp3) is 0.828. The highest BCUT2D eigenvalue weighted by atomic mass is 16.5. The Morgan fingerprint density at radius 1 is 1.16 bits per heavy atom. The topological polar surface area (TPSA) is 26.3 Å². The standard InChI is InChI=1S/C29H46O2/c1-19(2)8-7-9-21(5)24-12-13-25-22-10-11-23(20(3)4)29(17-15-27(30)31-18-29)26(22)14-16-28(24,25)6/h11,19,21-22,24-26H,3,7-10,12-18H2,1-2,4-6H3/t21-,22+,24-,25+,26+,28-,29-/m1/s1. The van der Waals surface area contributed by atoms with Crippen LogP contribution in [0.2, 0.25) is 0 Å². The largest absolute Gasteiger partial charge is 0.465 e. The normalized spacial score (nSPS) is 40.8. The summed E-state index contributed by atoms with van der Waals surface area (Å²) in [4.78, 5) is 11.9. The summed E-state index contributed by atoms with van der Waals surface area (Å²) in [7, 11) is 0. The lowest BCUT2D eigenvalue weighted by atomic mass is 9.47. The molecule has 0 aromatic heterocycles. The first-order valence-corrected chi connectivity index (χ1v) is 13.2. The lowest BCUT2D eigenvalue weighted by molar-refractivity contribution is -0.160. The van der Waals surface area contributed by atoms with Gasteiger partial charge in [-0.1, -0.05) is 65.2 Å². The average molecular weight is 427 g/mol. The van der Waals surface area contributed by atoms with Gasteiger partial charge >= 0.3 is 5.97 Å². The molecule has 3 aliphatic carbocycles. The number of cyclic esters (lactones) is 1. The molecular weight excluding hydrogens is 380 g/mol. The van der Waals surface area contributed by atoms with Crippen molar-refractivity contribution >= 4 is 5.97 Å². The van der Waals surface area contributed by atoms with Crippen LogP contribution < -0.4 is 0 Å². The summed E-state index contributed by atoms with van der Waals surface area (Å²) in [5.41, 5.74) is 3.14. The van der Waals surface area contributed by atoms with E-state index in [1.165, 1.54) is 62.5 Å². The number of esters is 1. The van der Waals surface area contributed by atoms with Crippen LogP contribution in [0.1, 0.15) is 98.8 Å². The SMILES string of the molecule is C=C(C)C1=CC[C@@H]2[C@H](CC[C@]3(C)[C@@H]([C@H](C)CCCC(C)C)CC[C@@H]23)[C@@]12CCC(=O)OC2. The zero-order valence-corrected chi connectivity index (χ0v) is 20.8. The summed E-state index contributed by atoms with van der Waals surface area (Å²) in [6, 6.07) is 0. The Labute approximate surface area is 191 Å². The van der Waals surface area contributed by atoms with E-state index < -0.39 is 0 Å². The molecular formula is C29H46O2. The van der Waals surface area contributed by atoms with Gasteiger partial charge in [0.1, 0.15) is 6.61 Å². The van der Waals surface area contributed by atoms with Gasteiger partial charge in [0.15, 0.2) is 0 Å². The van der Waals surface area contributed by atoms with Gasteiger partial charge in [-0.2, -0.15) is 0 Å². The average Bonchev–Trinajstić information content (AvgIpc) is 3.07. The van der Waals surface area contributed by atoms with Gasteiger partial charge in [-0.3, -0.25) is 4.79 Å². The third-order valence-corrected chi connectivity index (χ3v) is 10.2. The number of rotatable bonds is 6. The Balaban J connectivity index is 1.55. The van der Waals surface area contributed by atoms with Crippen LogP contribution in [-0.4, -0.2) is 12.6 Å². The number of ether oxygens (including phenoxy) is 1. The van der Waals surface area contributed by atoms with Gasteiger partial charge in [0.25, 0.3) is 0 Å². The number of allylic oxidation sites excluding steroid dienone is 2. The van der Waals surface area contributed by atoms with Crippen molar-refractivity contribution < 1.29 is 9.53 Å². The van der Waals surface area contributed by atoms with Gasteiger partial charge < -0.3 is 4.74 Å². The fourth-order valence-corrected chi connectivity index (χ4v) is 8.77. The highest BCUT2D eigenvalue weighted by Crippen LogP contribution is 2.67. The molecule has 31 heavy (non-hydrogen) atoms. The molecule has 174 valence electrons. The van der Waals surface area contributed by atoms with E-state index in [9.17, 15) is 4.79 Å². The van der Waals surface area contributed by atoms with Gasteiger partial charge in [-0.05, 0) is 91.9 Å². The minimum atomic E-state index is -0.00869. The van der Waals surface area contributed by atoms with Gasteiger partial charge in [0.2, 0.25) is 0 Å². The number of carbonyl (C=O) groups is 1. The van der Waals surface area contributed by atoms with Gasteiger partial charge in [-0.25, -0.2) is 0 Å². The molecule has 0 aromatic carbocycles. The predicted molar refractivity (Wildman–Crippen MR) is 129 cm³/mol.